The Hall–Kier alpha value is -2.17. The number of para-hydroxylation sites is 1. The molecule has 0 spiro atoms. The van der Waals surface area contributed by atoms with Crippen molar-refractivity contribution < 1.29 is 0 Å². The summed E-state index contributed by atoms with van der Waals surface area (Å²) in [6.07, 6.45) is 8.95. The van der Waals surface area contributed by atoms with Gasteiger partial charge in [0.25, 0.3) is 0 Å². The monoisotopic (exact) mass is 311 g/mol. The van der Waals surface area contributed by atoms with Crippen LogP contribution >= 0.6 is 0 Å². The molecule has 1 fully saturated rings. The minimum absolute atomic E-state index is 0.477. The summed E-state index contributed by atoms with van der Waals surface area (Å²) in [6, 6.07) is 6.82. The lowest BCUT2D eigenvalue weighted by Crippen LogP contribution is -2.23. The first kappa shape index (κ1) is 15.7. The van der Waals surface area contributed by atoms with Crippen molar-refractivity contribution in [2.75, 3.05) is 10.6 Å². The van der Waals surface area contributed by atoms with Crippen molar-refractivity contribution in [2.24, 2.45) is 0 Å². The Labute approximate surface area is 137 Å². The first-order valence-electron chi connectivity index (χ1n) is 8.58. The summed E-state index contributed by atoms with van der Waals surface area (Å²) in [4.78, 5) is 4.58. The predicted molar refractivity (Wildman–Crippen MR) is 94.2 cm³/mol. The van der Waals surface area contributed by atoms with Crippen molar-refractivity contribution in [3.63, 3.8) is 0 Å². The average Bonchev–Trinajstić information content (AvgIpc) is 2.58. The highest BCUT2D eigenvalue weighted by Gasteiger charge is 2.14. The SMILES string of the molecule is CCc1cccc(C)c1Nc1cnnc(NC2CCCCC2)n1. The number of benzene rings is 1. The van der Waals surface area contributed by atoms with Crippen LogP contribution in [0, 0.1) is 6.92 Å². The van der Waals surface area contributed by atoms with Gasteiger partial charge in [-0.05, 0) is 37.3 Å². The second-order valence-corrected chi connectivity index (χ2v) is 6.23. The molecule has 1 aliphatic carbocycles. The maximum Gasteiger partial charge on any atom is 0.244 e. The van der Waals surface area contributed by atoms with Crippen molar-refractivity contribution >= 4 is 17.5 Å². The van der Waals surface area contributed by atoms with Gasteiger partial charge < -0.3 is 10.6 Å². The Kier molecular flexibility index (Phi) is 5.05. The van der Waals surface area contributed by atoms with E-state index in [2.05, 4.69) is 57.9 Å². The van der Waals surface area contributed by atoms with Crippen LogP contribution < -0.4 is 10.6 Å². The van der Waals surface area contributed by atoms with Crippen LogP contribution in [-0.4, -0.2) is 21.2 Å². The van der Waals surface area contributed by atoms with Crippen LogP contribution in [0.1, 0.15) is 50.2 Å². The van der Waals surface area contributed by atoms with Crippen LogP contribution in [0.5, 0.6) is 0 Å². The van der Waals surface area contributed by atoms with Gasteiger partial charge >= 0.3 is 0 Å². The van der Waals surface area contributed by atoms with Crippen LogP contribution in [0.2, 0.25) is 0 Å². The Bertz CT molecular complexity index is 650. The van der Waals surface area contributed by atoms with Gasteiger partial charge in [0.1, 0.15) is 0 Å². The van der Waals surface area contributed by atoms with Crippen molar-refractivity contribution in [1.82, 2.24) is 15.2 Å². The first-order chi connectivity index (χ1) is 11.3. The number of rotatable bonds is 5. The number of aryl methyl sites for hydroxylation is 2. The third-order valence-corrected chi connectivity index (χ3v) is 4.49. The molecule has 2 N–H and O–H groups in total. The molecule has 1 aliphatic rings. The fourth-order valence-electron chi connectivity index (χ4n) is 3.18. The summed E-state index contributed by atoms with van der Waals surface area (Å²) < 4.78 is 0. The molecular weight excluding hydrogens is 286 g/mol. The summed E-state index contributed by atoms with van der Waals surface area (Å²) in [5, 5.41) is 15.1. The molecule has 1 aromatic heterocycles. The average molecular weight is 311 g/mol. The zero-order valence-electron chi connectivity index (χ0n) is 14.0. The highest BCUT2D eigenvalue weighted by atomic mass is 15.3. The number of hydrogen-bond donors (Lipinski definition) is 2. The van der Waals surface area contributed by atoms with Gasteiger partial charge in [-0.25, -0.2) is 0 Å². The minimum atomic E-state index is 0.477. The van der Waals surface area contributed by atoms with Gasteiger partial charge in [-0.2, -0.15) is 10.1 Å². The molecule has 1 saturated carbocycles. The molecule has 0 saturated heterocycles. The summed E-state index contributed by atoms with van der Waals surface area (Å²) >= 11 is 0. The lowest BCUT2D eigenvalue weighted by Gasteiger charge is -2.22. The van der Waals surface area contributed by atoms with Crippen LogP contribution in [0.15, 0.2) is 24.4 Å². The quantitative estimate of drug-likeness (QED) is 0.865. The fourth-order valence-corrected chi connectivity index (χ4v) is 3.18. The van der Waals surface area contributed by atoms with E-state index in [1.807, 2.05) is 0 Å². The molecule has 0 radical (unpaired) electrons. The zero-order valence-corrected chi connectivity index (χ0v) is 14.0. The molecule has 0 bridgehead atoms. The molecule has 1 heterocycles. The van der Waals surface area contributed by atoms with Crippen molar-refractivity contribution in [3.05, 3.63) is 35.5 Å². The van der Waals surface area contributed by atoms with Gasteiger partial charge in [0, 0.05) is 11.7 Å². The van der Waals surface area contributed by atoms with Gasteiger partial charge in [0.05, 0.1) is 6.20 Å². The van der Waals surface area contributed by atoms with E-state index in [9.17, 15) is 0 Å². The van der Waals surface area contributed by atoms with Gasteiger partial charge in [-0.15, -0.1) is 5.10 Å². The van der Waals surface area contributed by atoms with Crippen LogP contribution in [0.3, 0.4) is 0 Å². The lowest BCUT2D eigenvalue weighted by molar-refractivity contribution is 0.460. The molecule has 23 heavy (non-hydrogen) atoms. The molecule has 5 heteroatoms. The molecule has 2 aromatic rings. The van der Waals surface area contributed by atoms with E-state index in [1.165, 1.54) is 43.2 Å². The van der Waals surface area contributed by atoms with E-state index in [1.54, 1.807) is 6.20 Å². The van der Waals surface area contributed by atoms with Crippen molar-refractivity contribution in [2.45, 2.75) is 58.4 Å². The summed E-state index contributed by atoms with van der Waals surface area (Å²) in [6.45, 7) is 4.27. The number of aromatic nitrogens is 3. The highest BCUT2D eigenvalue weighted by Crippen LogP contribution is 2.25. The molecular formula is C18H25N5. The molecule has 122 valence electrons. The summed E-state index contributed by atoms with van der Waals surface area (Å²) in [5.41, 5.74) is 3.62. The van der Waals surface area contributed by atoms with Crippen LogP contribution in [0.25, 0.3) is 0 Å². The van der Waals surface area contributed by atoms with E-state index in [0.29, 0.717) is 12.0 Å². The molecule has 5 nitrogen and oxygen atoms in total. The smallest absolute Gasteiger partial charge is 0.244 e. The first-order valence-corrected chi connectivity index (χ1v) is 8.58. The highest BCUT2D eigenvalue weighted by molar-refractivity contribution is 5.64. The standard InChI is InChI=1S/C18H25N5/c1-3-14-9-7-8-13(2)17(14)21-16-12-19-23-18(22-16)20-15-10-5-4-6-11-15/h7-9,12,15H,3-6,10-11H2,1-2H3,(H2,20,21,22,23). The van der Waals surface area contributed by atoms with Gasteiger partial charge in [0.15, 0.2) is 5.82 Å². The second-order valence-electron chi connectivity index (χ2n) is 6.23. The largest absolute Gasteiger partial charge is 0.350 e. The maximum atomic E-state index is 4.58. The molecule has 0 amide bonds. The molecule has 0 aliphatic heterocycles. The normalized spacial score (nSPS) is 15.4. The van der Waals surface area contributed by atoms with Crippen molar-refractivity contribution in [1.29, 1.82) is 0 Å². The van der Waals surface area contributed by atoms with Gasteiger partial charge in [0.2, 0.25) is 5.95 Å². The van der Waals surface area contributed by atoms with Crippen LogP contribution in [0.4, 0.5) is 17.5 Å². The maximum absolute atomic E-state index is 4.58. The molecule has 1 aromatic carbocycles. The third kappa shape index (κ3) is 3.97. The predicted octanol–water partition coefficient (Wildman–Crippen LogP) is 4.23. The van der Waals surface area contributed by atoms with Gasteiger partial charge in [-0.1, -0.05) is 44.4 Å². The van der Waals surface area contributed by atoms with E-state index in [4.69, 9.17) is 0 Å². The van der Waals surface area contributed by atoms with E-state index < -0.39 is 0 Å². The van der Waals surface area contributed by atoms with E-state index in [-0.39, 0.29) is 0 Å². The minimum Gasteiger partial charge on any atom is -0.350 e. The van der Waals surface area contributed by atoms with Crippen molar-refractivity contribution in [3.8, 4) is 0 Å². The summed E-state index contributed by atoms with van der Waals surface area (Å²) in [5.74, 6) is 1.36. The van der Waals surface area contributed by atoms with E-state index in [0.717, 1.165) is 17.9 Å². The number of nitrogens with one attached hydrogen (secondary N) is 2. The Morgan fingerprint density at radius 2 is 2.00 bits per heavy atom. The molecule has 0 atom stereocenters. The number of nitrogens with zero attached hydrogens (tertiary/aromatic N) is 3. The lowest BCUT2D eigenvalue weighted by atomic mass is 9.96. The number of hydrogen-bond acceptors (Lipinski definition) is 5. The number of anilines is 3. The fraction of sp³-hybridized carbons (Fsp3) is 0.500. The third-order valence-electron chi connectivity index (χ3n) is 4.49. The Morgan fingerprint density at radius 1 is 1.17 bits per heavy atom. The van der Waals surface area contributed by atoms with Gasteiger partial charge in [-0.3, -0.25) is 0 Å². The van der Waals surface area contributed by atoms with Crippen LogP contribution in [-0.2, 0) is 6.42 Å². The second kappa shape index (κ2) is 7.40. The molecule has 3 rings (SSSR count). The Balaban J connectivity index is 1.75. The Morgan fingerprint density at radius 3 is 2.78 bits per heavy atom. The zero-order chi connectivity index (χ0) is 16.1. The summed E-state index contributed by atoms with van der Waals surface area (Å²) in [7, 11) is 0. The molecule has 0 unspecified atom stereocenters. The topological polar surface area (TPSA) is 62.7 Å². The van der Waals surface area contributed by atoms with E-state index >= 15 is 0 Å².